The third kappa shape index (κ3) is 2.81. The molecular formula is C10H5Br2F2N3O. The lowest BCUT2D eigenvalue weighted by molar-refractivity contribution is 0.0962. The number of rotatable bonds is 3. The van der Waals surface area contributed by atoms with Gasteiger partial charge in [0, 0.05) is 6.07 Å². The Morgan fingerprint density at radius 1 is 1.33 bits per heavy atom. The van der Waals surface area contributed by atoms with Gasteiger partial charge in [0.2, 0.25) is 4.73 Å². The second kappa shape index (κ2) is 5.23. The largest absolute Gasteiger partial charge is 0.292 e. The van der Waals surface area contributed by atoms with Gasteiger partial charge in [-0.1, -0.05) is 0 Å². The number of carbonyl (C=O) groups excluding carboxylic acids is 1. The van der Waals surface area contributed by atoms with Crippen LogP contribution in [0.2, 0.25) is 0 Å². The average molecular weight is 381 g/mol. The molecule has 0 saturated carbocycles. The topological polar surface area (TPSA) is 47.8 Å². The van der Waals surface area contributed by atoms with Gasteiger partial charge in [0.15, 0.2) is 10.5 Å². The van der Waals surface area contributed by atoms with Gasteiger partial charge in [-0.05, 0) is 44.0 Å². The van der Waals surface area contributed by atoms with Crippen molar-refractivity contribution < 1.29 is 13.6 Å². The lowest BCUT2D eigenvalue weighted by Crippen LogP contribution is -2.13. The quantitative estimate of drug-likeness (QED) is 0.769. The van der Waals surface area contributed by atoms with Crippen LogP contribution in [0.4, 0.5) is 8.78 Å². The lowest BCUT2D eigenvalue weighted by Gasteiger charge is -2.03. The molecule has 0 spiro atoms. The number of ketones is 1. The van der Waals surface area contributed by atoms with Crippen LogP contribution < -0.4 is 0 Å². The Morgan fingerprint density at radius 3 is 2.61 bits per heavy atom. The van der Waals surface area contributed by atoms with E-state index in [2.05, 4.69) is 41.9 Å². The van der Waals surface area contributed by atoms with Crippen LogP contribution in [-0.4, -0.2) is 20.5 Å². The maximum Gasteiger partial charge on any atom is 0.218 e. The number of hydrogen-bond acceptors (Lipinski definition) is 3. The first-order valence-corrected chi connectivity index (χ1v) is 6.30. The Kier molecular flexibility index (Phi) is 3.86. The molecule has 2 rings (SSSR count). The summed E-state index contributed by atoms with van der Waals surface area (Å²) >= 11 is 6.15. The molecule has 0 N–H and O–H groups in total. The first kappa shape index (κ1) is 13.3. The molecule has 0 aliphatic rings. The van der Waals surface area contributed by atoms with Crippen molar-refractivity contribution in [3.63, 3.8) is 0 Å². The molecule has 0 fully saturated rings. The second-order valence-electron chi connectivity index (χ2n) is 3.35. The van der Waals surface area contributed by atoms with Crippen LogP contribution in [0.5, 0.6) is 0 Å². The minimum absolute atomic E-state index is 0.185. The second-order valence-corrected chi connectivity index (χ2v) is 4.77. The zero-order valence-electron chi connectivity index (χ0n) is 8.70. The molecule has 0 bridgehead atoms. The highest BCUT2D eigenvalue weighted by Crippen LogP contribution is 2.14. The van der Waals surface area contributed by atoms with E-state index >= 15 is 0 Å². The Balaban J connectivity index is 2.24. The minimum Gasteiger partial charge on any atom is -0.292 e. The number of Topliss-reactive ketones (excluding diaryl/α,β-unsaturated/α-hetero) is 1. The van der Waals surface area contributed by atoms with Gasteiger partial charge in [-0.3, -0.25) is 4.79 Å². The first-order valence-electron chi connectivity index (χ1n) is 4.71. The third-order valence-electron chi connectivity index (χ3n) is 2.13. The first-order chi connectivity index (χ1) is 8.47. The van der Waals surface area contributed by atoms with Gasteiger partial charge in [-0.25, -0.2) is 13.5 Å². The van der Waals surface area contributed by atoms with Crippen molar-refractivity contribution in [2.24, 2.45) is 0 Å². The van der Waals surface area contributed by atoms with E-state index in [1.807, 2.05) is 0 Å². The fourth-order valence-electron chi connectivity index (χ4n) is 1.33. The molecule has 1 aromatic carbocycles. The number of hydrogen-bond donors (Lipinski definition) is 0. The molecule has 0 unspecified atom stereocenters. The molecular weight excluding hydrogens is 376 g/mol. The third-order valence-corrected chi connectivity index (χ3v) is 3.05. The van der Waals surface area contributed by atoms with Crippen LogP contribution >= 0.6 is 31.9 Å². The van der Waals surface area contributed by atoms with Crippen LogP contribution in [0.15, 0.2) is 27.7 Å². The number of benzene rings is 1. The fourth-order valence-corrected chi connectivity index (χ4v) is 2.30. The molecule has 0 amide bonds. The molecule has 0 aliphatic carbocycles. The Morgan fingerprint density at radius 2 is 2.06 bits per heavy atom. The predicted octanol–water partition coefficient (Wildman–Crippen LogP) is 2.96. The van der Waals surface area contributed by atoms with Crippen molar-refractivity contribution in [2.75, 3.05) is 0 Å². The smallest absolute Gasteiger partial charge is 0.218 e. The summed E-state index contributed by atoms with van der Waals surface area (Å²) in [4.78, 5) is 15.7. The molecule has 0 aliphatic heterocycles. The van der Waals surface area contributed by atoms with E-state index in [0.717, 1.165) is 12.1 Å². The zero-order valence-corrected chi connectivity index (χ0v) is 11.9. The van der Waals surface area contributed by atoms with E-state index < -0.39 is 17.4 Å². The van der Waals surface area contributed by atoms with E-state index in [1.54, 1.807) is 0 Å². The summed E-state index contributed by atoms with van der Waals surface area (Å²) in [6, 6.07) is 2.80. The molecule has 0 saturated heterocycles. The van der Waals surface area contributed by atoms with Crippen molar-refractivity contribution >= 4 is 37.6 Å². The monoisotopic (exact) mass is 379 g/mol. The van der Waals surface area contributed by atoms with Crippen LogP contribution in [0.3, 0.4) is 0 Å². The summed E-state index contributed by atoms with van der Waals surface area (Å²) in [6.07, 6.45) is 0. The molecule has 4 nitrogen and oxygen atoms in total. The normalized spacial score (nSPS) is 10.7. The van der Waals surface area contributed by atoms with E-state index in [4.69, 9.17) is 0 Å². The van der Waals surface area contributed by atoms with Gasteiger partial charge in [0.1, 0.15) is 18.2 Å². The standard InChI is InChI=1S/C10H5Br2F2N3O/c11-9-15-10(12)17(16-9)4-8(18)6-2-1-5(13)3-7(6)14/h1-3H,4H2. The highest BCUT2D eigenvalue weighted by molar-refractivity contribution is 9.11. The number of halogens is 4. The highest BCUT2D eigenvalue weighted by Gasteiger charge is 2.15. The van der Waals surface area contributed by atoms with Gasteiger partial charge in [-0.15, -0.1) is 5.10 Å². The molecule has 0 radical (unpaired) electrons. The molecule has 94 valence electrons. The molecule has 0 atom stereocenters. The Labute approximate surface area is 117 Å². The van der Waals surface area contributed by atoms with Crippen LogP contribution in [0, 0.1) is 11.6 Å². The maximum absolute atomic E-state index is 13.4. The van der Waals surface area contributed by atoms with Gasteiger partial charge in [-0.2, -0.15) is 4.98 Å². The van der Waals surface area contributed by atoms with Crippen LogP contribution in [-0.2, 0) is 6.54 Å². The van der Waals surface area contributed by atoms with Crippen molar-refractivity contribution in [1.82, 2.24) is 14.8 Å². The van der Waals surface area contributed by atoms with Gasteiger partial charge >= 0.3 is 0 Å². The zero-order chi connectivity index (χ0) is 13.3. The van der Waals surface area contributed by atoms with Crippen molar-refractivity contribution in [2.45, 2.75) is 6.54 Å². The highest BCUT2D eigenvalue weighted by atomic mass is 79.9. The van der Waals surface area contributed by atoms with Crippen molar-refractivity contribution in [3.8, 4) is 0 Å². The SMILES string of the molecule is O=C(Cn1nc(Br)nc1Br)c1ccc(F)cc1F. The van der Waals surface area contributed by atoms with Crippen molar-refractivity contribution in [1.29, 1.82) is 0 Å². The Hall–Kier alpha value is -1.15. The van der Waals surface area contributed by atoms with E-state index in [0.29, 0.717) is 15.5 Å². The van der Waals surface area contributed by atoms with E-state index in [9.17, 15) is 13.6 Å². The summed E-state index contributed by atoms with van der Waals surface area (Å²) in [5, 5.41) is 3.88. The predicted molar refractivity (Wildman–Crippen MR) is 66.1 cm³/mol. The van der Waals surface area contributed by atoms with Crippen molar-refractivity contribution in [3.05, 3.63) is 44.9 Å². The van der Waals surface area contributed by atoms with Crippen LogP contribution in [0.25, 0.3) is 0 Å². The van der Waals surface area contributed by atoms with Gasteiger partial charge in [0.25, 0.3) is 0 Å². The molecule has 1 heterocycles. The number of aromatic nitrogens is 3. The summed E-state index contributed by atoms with van der Waals surface area (Å²) in [5.41, 5.74) is -0.185. The van der Waals surface area contributed by atoms with Gasteiger partial charge < -0.3 is 0 Å². The lowest BCUT2D eigenvalue weighted by atomic mass is 10.1. The molecule has 2 aromatic rings. The summed E-state index contributed by atoms with van der Waals surface area (Å²) in [6.45, 7) is -0.193. The molecule has 1 aromatic heterocycles. The van der Waals surface area contributed by atoms with E-state index in [-0.39, 0.29) is 12.1 Å². The van der Waals surface area contributed by atoms with Gasteiger partial charge in [0.05, 0.1) is 5.56 Å². The summed E-state index contributed by atoms with van der Waals surface area (Å²) in [5.74, 6) is -2.14. The minimum atomic E-state index is -0.893. The molecule has 8 heteroatoms. The Bertz CT molecular complexity index is 615. The average Bonchev–Trinajstić information content (AvgIpc) is 2.57. The maximum atomic E-state index is 13.4. The fraction of sp³-hybridized carbons (Fsp3) is 0.100. The number of carbonyl (C=O) groups is 1. The van der Waals surface area contributed by atoms with Crippen LogP contribution in [0.1, 0.15) is 10.4 Å². The molecule has 18 heavy (non-hydrogen) atoms. The van der Waals surface area contributed by atoms with E-state index in [1.165, 1.54) is 4.68 Å². The summed E-state index contributed by atoms with van der Waals surface area (Å²) < 4.78 is 28.0. The number of nitrogens with zero attached hydrogens (tertiary/aromatic N) is 3. The summed E-state index contributed by atoms with van der Waals surface area (Å²) in [7, 11) is 0.